The predicted octanol–water partition coefficient (Wildman–Crippen LogP) is -1.97. The Bertz CT molecular complexity index is 593. The monoisotopic (exact) mass is 245 g/mol. The first-order valence-electron chi connectivity index (χ1n) is 5.80. The van der Waals surface area contributed by atoms with Crippen molar-refractivity contribution >= 4 is 31.2 Å². The molecule has 3 heterocycles. The van der Waals surface area contributed by atoms with Crippen molar-refractivity contribution in [2.75, 3.05) is 31.2 Å². The molecule has 0 atom stereocenters. The highest BCUT2D eigenvalue weighted by atomic mass is 16.5. The fraction of sp³-hybridized carbons (Fsp3) is 0.400. The van der Waals surface area contributed by atoms with E-state index in [1.165, 1.54) is 0 Å². The quantitative estimate of drug-likeness (QED) is 0.451. The van der Waals surface area contributed by atoms with Crippen LogP contribution in [0.5, 0.6) is 0 Å². The van der Waals surface area contributed by atoms with Gasteiger partial charge in [-0.1, -0.05) is 0 Å². The van der Waals surface area contributed by atoms with Gasteiger partial charge in [-0.05, 0) is 0 Å². The maximum atomic E-state index is 10.8. The topological polar surface area (TPSA) is 72.6 Å². The summed E-state index contributed by atoms with van der Waals surface area (Å²) in [7, 11) is 1.89. The van der Waals surface area contributed by atoms with Gasteiger partial charge in [-0.2, -0.15) is 0 Å². The largest absolute Gasteiger partial charge is 0.378 e. The molecule has 1 aliphatic rings. The van der Waals surface area contributed by atoms with Crippen LogP contribution in [-0.4, -0.2) is 60.0 Å². The number of aromatic nitrogens is 4. The van der Waals surface area contributed by atoms with Crippen molar-refractivity contribution in [3.63, 3.8) is 0 Å². The number of hydrogen-bond donors (Lipinski definition) is 0. The molecule has 0 unspecified atom stereocenters. The highest BCUT2D eigenvalue weighted by molar-refractivity contribution is 6.30. The van der Waals surface area contributed by atoms with Crippen molar-refractivity contribution in [3.8, 4) is 0 Å². The SMILES string of the molecule is Bc1cn2nc(C=O)nc2c(N2CCOCC2)n1. The number of carbonyl (C=O) groups is 1. The molecule has 1 aliphatic heterocycles. The van der Waals surface area contributed by atoms with Gasteiger partial charge in [0.25, 0.3) is 0 Å². The van der Waals surface area contributed by atoms with Crippen LogP contribution in [0, 0.1) is 0 Å². The van der Waals surface area contributed by atoms with Gasteiger partial charge in [0, 0.05) is 24.9 Å². The molecule has 0 aliphatic carbocycles. The van der Waals surface area contributed by atoms with E-state index in [2.05, 4.69) is 20.0 Å². The second-order valence-corrected chi connectivity index (χ2v) is 4.16. The van der Waals surface area contributed by atoms with E-state index in [0.717, 1.165) is 24.5 Å². The van der Waals surface area contributed by atoms with Crippen LogP contribution in [-0.2, 0) is 4.74 Å². The summed E-state index contributed by atoms with van der Waals surface area (Å²) in [5.41, 5.74) is 1.45. The fourth-order valence-corrected chi connectivity index (χ4v) is 2.04. The van der Waals surface area contributed by atoms with Crippen LogP contribution in [0.2, 0.25) is 0 Å². The standard InChI is InChI=1S/C10H12BN5O2/c11-7-5-16-10(13-8(6-17)14-16)9(12-7)15-1-3-18-4-2-15/h5-6H,1-4,11H2. The second-order valence-electron chi connectivity index (χ2n) is 4.16. The third kappa shape index (κ3) is 1.84. The van der Waals surface area contributed by atoms with E-state index in [-0.39, 0.29) is 5.82 Å². The summed E-state index contributed by atoms with van der Waals surface area (Å²) >= 11 is 0. The Morgan fingerprint density at radius 3 is 2.83 bits per heavy atom. The lowest BCUT2D eigenvalue weighted by Crippen LogP contribution is -2.38. The van der Waals surface area contributed by atoms with Gasteiger partial charge in [0.1, 0.15) is 0 Å². The van der Waals surface area contributed by atoms with Crippen molar-refractivity contribution in [1.82, 2.24) is 19.6 Å². The molecule has 18 heavy (non-hydrogen) atoms. The summed E-state index contributed by atoms with van der Waals surface area (Å²) in [6.45, 7) is 2.90. The molecule has 0 N–H and O–H groups in total. The number of fused-ring (bicyclic) bond motifs is 1. The van der Waals surface area contributed by atoms with Gasteiger partial charge in [-0.3, -0.25) is 4.79 Å². The maximum absolute atomic E-state index is 10.8. The Balaban J connectivity index is 2.13. The maximum Gasteiger partial charge on any atom is 0.215 e. The number of ether oxygens (including phenoxy) is 1. The zero-order valence-electron chi connectivity index (χ0n) is 10.0. The molecule has 0 spiro atoms. The molecule has 2 aromatic heterocycles. The highest BCUT2D eigenvalue weighted by Gasteiger charge is 2.18. The normalized spacial score (nSPS) is 16.1. The minimum atomic E-state index is 0.178. The summed E-state index contributed by atoms with van der Waals surface area (Å²) in [5.74, 6) is 0.941. The Hall–Kier alpha value is -1.96. The van der Waals surface area contributed by atoms with Crippen LogP contribution in [0.3, 0.4) is 0 Å². The van der Waals surface area contributed by atoms with Gasteiger partial charge in [0.2, 0.25) is 5.82 Å². The number of morpholine rings is 1. The molecule has 0 bridgehead atoms. The number of hydrogen-bond acceptors (Lipinski definition) is 6. The molecule has 0 amide bonds. The summed E-state index contributed by atoms with van der Waals surface area (Å²) in [6.07, 6.45) is 2.41. The van der Waals surface area contributed by atoms with E-state index in [1.54, 1.807) is 10.7 Å². The lowest BCUT2D eigenvalue weighted by molar-refractivity contribution is 0.111. The lowest BCUT2D eigenvalue weighted by Gasteiger charge is -2.27. The van der Waals surface area contributed by atoms with Crippen molar-refractivity contribution in [2.45, 2.75) is 0 Å². The third-order valence-electron chi connectivity index (χ3n) is 2.86. The van der Waals surface area contributed by atoms with Gasteiger partial charge in [0.15, 0.2) is 25.6 Å². The second kappa shape index (κ2) is 4.38. The number of nitrogens with zero attached hydrogens (tertiary/aromatic N) is 5. The minimum Gasteiger partial charge on any atom is -0.378 e. The van der Waals surface area contributed by atoms with Crippen molar-refractivity contribution < 1.29 is 9.53 Å². The summed E-state index contributed by atoms with van der Waals surface area (Å²) in [5, 5.41) is 4.09. The molecule has 0 radical (unpaired) electrons. The van der Waals surface area contributed by atoms with Crippen LogP contribution < -0.4 is 10.5 Å². The summed E-state index contributed by atoms with van der Waals surface area (Å²) < 4.78 is 6.93. The van der Waals surface area contributed by atoms with Crippen LogP contribution >= 0.6 is 0 Å². The summed E-state index contributed by atoms with van der Waals surface area (Å²) in [6, 6.07) is 0. The van der Waals surface area contributed by atoms with E-state index >= 15 is 0 Å². The molecule has 7 nitrogen and oxygen atoms in total. The zero-order valence-corrected chi connectivity index (χ0v) is 10.0. The molecule has 3 rings (SSSR count). The summed E-state index contributed by atoms with van der Waals surface area (Å²) in [4.78, 5) is 21.6. The van der Waals surface area contributed by atoms with Gasteiger partial charge in [0.05, 0.1) is 13.2 Å². The van der Waals surface area contributed by atoms with E-state index in [9.17, 15) is 4.79 Å². The van der Waals surface area contributed by atoms with Crippen LogP contribution in [0.15, 0.2) is 6.20 Å². The average molecular weight is 245 g/mol. The molecule has 0 saturated carbocycles. The van der Waals surface area contributed by atoms with Gasteiger partial charge < -0.3 is 9.64 Å². The third-order valence-corrected chi connectivity index (χ3v) is 2.86. The molecule has 2 aromatic rings. The van der Waals surface area contributed by atoms with Crippen molar-refractivity contribution in [2.24, 2.45) is 0 Å². The molecular weight excluding hydrogens is 233 g/mol. The minimum absolute atomic E-state index is 0.178. The van der Waals surface area contributed by atoms with Gasteiger partial charge in [-0.15, -0.1) is 5.10 Å². The van der Waals surface area contributed by atoms with E-state index in [0.29, 0.717) is 25.1 Å². The Labute approximate surface area is 104 Å². The van der Waals surface area contributed by atoms with E-state index < -0.39 is 0 Å². The predicted molar refractivity (Wildman–Crippen MR) is 67.4 cm³/mol. The molecule has 0 aromatic carbocycles. The van der Waals surface area contributed by atoms with Gasteiger partial charge >= 0.3 is 0 Å². The van der Waals surface area contributed by atoms with Gasteiger partial charge in [-0.25, -0.2) is 14.5 Å². The zero-order chi connectivity index (χ0) is 12.5. The fourth-order valence-electron chi connectivity index (χ4n) is 2.04. The first kappa shape index (κ1) is 11.2. The Kier molecular flexibility index (Phi) is 2.71. The number of carbonyl (C=O) groups excluding carboxylic acids is 1. The van der Waals surface area contributed by atoms with Crippen molar-refractivity contribution in [3.05, 3.63) is 12.0 Å². The molecule has 1 saturated heterocycles. The Morgan fingerprint density at radius 2 is 2.11 bits per heavy atom. The lowest BCUT2D eigenvalue weighted by atomic mass is 10.1. The number of rotatable bonds is 2. The van der Waals surface area contributed by atoms with E-state index in [1.807, 2.05) is 7.85 Å². The molecule has 1 fully saturated rings. The Morgan fingerprint density at radius 1 is 1.33 bits per heavy atom. The average Bonchev–Trinajstić information content (AvgIpc) is 2.81. The van der Waals surface area contributed by atoms with E-state index in [4.69, 9.17) is 4.74 Å². The number of anilines is 1. The molecular formula is C10H12BN5O2. The van der Waals surface area contributed by atoms with Crippen LogP contribution in [0.4, 0.5) is 5.82 Å². The van der Waals surface area contributed by atoms with Crippen LogP contribution in [0.25, 0.3) is 5.65 Å². The molecule has 92 valence electrons. The molecule has 8 heteroatoms. The smallest absolute Gasteiger partial charge is 0.215 e. The highest BCUT2D eigenvalue weighted by Crippen LogP contribution is 2.16. The van der Waals surface area contributed by atoms with Crippen LogP contribution in [0.1, 0.15) is 10.6 Å². The number of aldehydes is 1. The first-order valence-corrected chi connectivity index (χ1v) is 5.80. The van der Waals surface area contributed by atoms with Crippen molar-refractivity contribution in [1.29, 1.82) is 0 Å². The first-order chi connectivity index (χ1) is 8.78.